The van der Waals surface area contributed by atoms with E-state index in [1.54, 1.807) is 40.8 Å². The lowest BCUT2D eigenvalue weighted by Gasteiger charge is -2.34. The fourth-order valence-electron chi connectivity index (χ4n) is 3.84. The van der Waals surface area contributed by atoms with Gasteiger partial charge in [0.25, 0.3) is 5.56 Å². The third kappa shape index (κ3) is 4.14. The molecule has 1 saturated heterocycles. The second kappa shape index (κ2) is 8.09. The fraction of sp³-hybridized carbons (Fsp3) is 0.524. The third-order valence-electron chi connectivity index (χ3n) is 5.53. The Hall–Kier alpha value is -3.30. The van der Waals surface area contributed by atoms with Crippen LogP contribution in [0, 0.1) is 6.92 Å². The first-order valence-corrected chi connectivity index (χ1v) is 10.5. The predicted octanol–water partition coefficient (Wildman–Crippen LogP) is 1.19. The van der Waals surface area contributed by atoms with Crippen molar-refractivity contribution in [3.8, 4) is 0 Å². The summed E-state index contributed by atoms with van der Waals surface area (Å²) < 4.78 is 3.34. The highest BCUT2D eigenvalue weighted by molar-refractivity contribution is 5.77. The van der Waals surface area contributed by atoms with E-state index in [1.165, 1.54) is 0 Å². The summed E-state index contributed by atoms with van der Waals surface area (Å²) in [7, 11) is 0. The van der Waals surface area contributed by atoms with Crippen molar-refractivity contribution in [1.29, 1.82) is 0 Å². The van der Waals surface area contributed by atoms with Crippen LogP contribution in [-0.4, -0.2) is 66.3 Å². The molecule has 0 aliphatic carbocycles. The Morgan fingerprint density at radius 3 is 2.42 bits per heavy atom. The van der Waals surface area contributed by atoms with Crippen LogP contribution in [0.1, 0.15) is 33.0 Å². The number of piperazine rings is 1. The van der Waals surface area contributed by atoms with Gasteiger partial charge in [-0.1, -0.05) is 0 Å². The Balaban J connectivity index is 1.42. The van der Waals surface area contributed by atoms with Gasteiger partial charge in [0.15, 0.2) is 5.65 Å². The van der Waals surface area contributed by atoms with E-state index in [2.05, 4.69) is 25.0 Å². The topological polar surface area (TPSA) is 102 Å². The van der Waals surface area contributed by atoms with Crippen molar-refractivity contribution in [3.63, 3.8) is 0 Å². The van der Waals surface area contributed by atoms with Crippen molar-refractivity contribution in [2.75, 3.05) is 31.1 Å². The average molecular weight is 425 g/mol. The van der Waals surface area contributed by atoms with Crippen LogP contribution >= 0.6 is 0 Å². The number of hydrogen-bond acceptors (Lipinski definition) is 7. The van der Waals surface area contributed by atoms with Crippen LogP contribution in [0.2, 0.25) is 0 Å². The van der Waals surface area contributed by atoms with Gasteiger partial charge in [-0.05, 0) is 33.8 Å². The highest BCUT2D eigenvalue weighted by Crippen LogP contribution is 2.18. The number of aromatic nitrogens is 6. The molecule has 10 heteroatoms. The lowest BCUT2D eigenvalue weighted by Crippen LogP contribution is -2.49. The number of aryl methyl sites for hydroxylation is 1. The van der Waals surface area contributed by atoms with Crippen molar-refractivity contribution < 1.29 is 4.79 Å². The first-order chi connectivity index (χ1) is 14.8. The van der Waals surface area contributed by atoms with Crippen molar-refractivity contribution in [3.05, 3.63) is 40.8 Å². The molecule has 0 radical (unpaired) electrons. The standard InChI is InChI=1S/C21H28N8O2/c1-15-25-18-16(14-24-29(18)21(2,3)4)19(31)28(15)9-6-17(30)26-10-12-27(13-11-26)20-22-7-5-8-23-20/h5,7-8,14H,6,9-13H2,1-4H3. The summed E-state index contributed by atoms with van der Waals surface area (Å²) in [5.41, 5.74) is 0.150. The number of anilines is 1. The number of rotatable bonds is 4. The molecule has 0 unspecified atom stereocenters. The smallest absolute Gasteiger partial charge is 0.264 e. The maximum Gasteiger partial charge on any atom is 0.264 e. The largest absolute Gasteiger partial charge is 0.339 e. The molecule has 0 bridgehead atoms. The van der Waals surface area contributed by atoms with Gasteiger partial charge in [-0.3, -0.25) is 14.2 Å². The summed E-state index contributed by atoms with van der Waals surface area (Å²) >= 11 is 0. The van der Waals surface area contributed by atoms with E-state index in [0.717, 1.165) is 0 Å². The van der Waals surface area contributed by atoms with Gasteiger partial charge in [0.2, 0.25) is 11.9 Å². The van der Waals surface area contributed by atoms with Crippen LogP contribution in [0.25, 0.3) is 11.0 Å². The van der Waals surface area contributed by atoms with Gasteiger partial charge in [0.05, 0.1) is 11.7 Å². The molecule has 1 aliphatic heterocycles. The van der Waals surface area contributed by atoms with Gasteiger partial charge in [0, 0.05) is 51.5 Å². The van der Waals surface area contributed by atoms with Crippen LogP contribution in [0.15, 0.2) is 29.5 Å². The van der Waals surface area contributed by atoms with Crippen LogP contribution < -0.4 is 10.5 Å². The second-order valence-corrected chi connectivity index (χ2v) is 8.75. The number of carbonyl (C=O) groups excluding carboxylic acids is 1. The molecule has 31 heavy (non-hydrogen) atoms. The minimum Gasteiger partial charge on any atom is -0.339 e. The lowest BCUT2D eigenvalue weighted by atomic mass is 10.1. The van der Waals surface area contributed by atoms with E-state index in [9.17, 15) is 9.59 Å². The zero-order valence-corrected chi connectivity index (χ0v) is 18.4. The Bertz CT molecular complexity index is 1140. The molecule has 4 rings (SSSR count). The normalized spacial score (nSPS) is 15.0. The van der Waals surface area contributed by atoms with Crippen LogP contribution in [-0.2, 0) is 16.9 Å². The first-order valence-electron chi connectivity index (χ1n) is 10.5. The molecular weight excluding hydrogens is 396 g/mol. The second-order valence-electron chi connectivity index (χ2n) is 8.75. The number of amides is 1. The van der Waals surface area contributed by atoms with Gasteiger partial charge in [0.1, 0.15) is 11.2 Å². The van der Waals surface area contributed by atoms with Gasteiger partial charge < -0.3 is 9.80 Å². The molecule has 0 atom stereocenters. The number of hydrogen-bond donors (Lipinski definition) is 0. The average Bonchev–Trinajstić information content (AvgIpc) is 3.18. The zero-order chi connectivity index (χ0) is 22.2. The van der Waals surface area contributed by atoms with E-state index in [0.29, 0.717) is 55.5 Å². The van der Waals surface area contributed by atoms with Crippen LogP contribution in [0.3, 0.4) is 0 Å². The molecule has 0 saturated carbocycles. The summed E-state index contributed by atoms with van der Waals surface area (Å²) in [4.78, 5) is 42.8. The van der Waals surface area contributed by atoms with Crippen molar-refractivity contribution in [2.24, 2.45) is 0 Å². The molecule has 164 valence electrons. The molecule has 4 heterocycles. The molecule has 1 amide bonds. The van der Waals surface area contributed by atoms with E-state index >= 15 is 0 Å². The summed E-state index contributed by atoms with van der Waals surface area (Å²) in [5.74, 6) is 1.31. The SMILES string of the molecule is Cc1nc2c(cnn2C(C)(C)C)c(=O)n1CCC(=O)N1CCN(c2ncccn2)CC1. The Kier molecular flexibility index (Phi) is 5.47. The molecule has 0 aromatic carbocycles. The minimum atomic E-state index is -0.275. The van der Waals surface area contributed by atoms with Gasteiger partial charge >= 0.3 is 0 Å². The van der Waals surface area contributed by atoms with Crippen LogP contribution in [0.5, 0.6) is 0 Å². The Morgan fingerprint density at radius 2 is 1.77 bits per heavy atom. The van der Waals surface area contributed by atoms with E-state index in [4.69, 9.17) is 0 Å². The molecule has 1 fully saturated rings. The van der Waals surface area contributed by atoms with Gasteiger partial charge in [-0.2, -0.15) is 5.10 Å². The minimum absolute atomic E-state index is 0.0328. The lowest BCUT2D eigenvalue weighted by molar-refractivity contribution is -0.131. The number of carbonyl (C=O) groups is 1. The van der Waals surface area contributed by atoms with E-state index < -0.39 is 0 Å². The molecule has 3 aromatic rings. The third-order valence-corrected chi connectivity index (χ3v) is 5.53. The highest BCUT2D eigenvalue weighted by Gasteiger charge is 2.24. The molecule has 0 N–H and O–H groups in total. The maximum absolute atomic E-state index is 13.0. The summed E-state index contributed by atoms with van der Waals surface area (Å²) in [6, 6.07) is 1.79. The van der Waals surface area contributed by atoms with Crippen molar-refractivity contribution in [1.82, 2.24) is 34.2 Å². The Labute approximate surface area is 180 Å². The highest BCUT2D eigenvalue weighted by atomic mass is 16.2. The predicted molar refractivity (Wildman–Crippen MR) is 117 cm³/mol. The van der Waals surface area contributed by atoms with Crippen LogP contribution in [0.4, 0.5) is 5.95 Å². The van der Waals surface area contributed by atoms with Gasteiger partial charge in [-0.25, -0.2) is 19.6 Å². The fourth-order valence-corrected chi connectivity index (χ4v) is 3.84. The monoisotopic (exact) mass is 424 g/mol. The maximum atomic E-state index is 13.0. The first kappa shape index (κ1) is 21.0. The van der Waals surface area contributed by atoms with E-state index in [-0.39, 0.29) is 23.4 Å². The number of nitrogens with zero attached hydrogens (tertiary/aromatic N) is 8. The molecule has 10 nitrogen and oxygen atoms in total. The van der Waals surface area contributed by atoms with Gasteiger partial charge in [-0.15, -0.1) is 0 Å². The van der Waals surface area contributed by atoms with Crippen molar-refractivity contribution in [2.45, 2.75) is 46.2 Å². The zero-order valence-electron chi connectivity index (χ0n) is 18.4. The molecule has 1 aliphatic rings. The molecular formula is C21H28N8O2. The Morgan fingerprint density at radius 1 is 1.10 bits per heavy atom. The quantitative estimate of drug-likeness (QED) is 0.620. The summed E-state index contributed by atoms with van der Waals surface area (Å²) in [6.07, 6.45) is 5.26. The summed E-state index contributed by atoms with van der Waals surface area (Å²) in [5, 5.41) is 4.84. The number of fused-ring (bicyclic) bond motifs is 1. The van der Waals surface area contributed by atoms with Crippen molar-refractivity contribution >= 4 is 22.9 Å². The molecule has 0 spiro atoms. The van der Waals surface area contributed by atoms with E-state index in [1.807, 2.05) is 25.7 Å². The molecule has 3 aromatic heterocycles. The summed E-state index contributed by atoms with van der Waals surface area (Å²) in [6.45, 7) is 10.8.